The molecule has 0 radical (unpaired) electrons. The van der Waals surface area contributed by atoms with Crippen LogP contribution in [-0.4, -0.2) is 60.2 Å². The average molecular weight is 346 g/mol. The van der Waals surface area contributed by atoms with Crippen LogP contribution in [0.25, 0.3) is 0 Å². The van der Waals surface area contributed by atoms with E-state index in [0.29, 0.717) is 5.92 Å². The number of likely N-dealkylation sites (tertiary alicyclic amines) is 1. The summed E-state index contributed by atoms with van der Waals surface area (Å²) >= 11 is 0. The zero-order valence-electron chi connectivity index (χ0n) is 15.9. The topological polar surface area (TPSA) is 58.6 Å². The number of aryl methyl sites for hydroxylation is 1. The first-order chi connectivity index (χ1) is 11.8. The van der Waals surface area contributed by atoms with Crippen LogP contribution in [0.4, 0.5) is 5.82 Å². The predicted octanol–water partition coefficient (Wildman–Crippen LogP) is 2.37. The number of ether oxygens (including phenoxy) is 1. The van der Waals surface area contributed by atoms with Gasteiger partial charge in [-0.05, 0) is 19.8 Å². The first-order valence-corrected chi connectivity index (χ1v) is 9.32. The fourth-order valence-corrected chi connectivity index (χ4v) is 3.53. The third-order valence-corrected chi connectivity index (χ3v) is 4.98. The van der Waals surface area contributed by atoms with E-state index in [0.717, 1.165) is 69.6 Å². The second-order valence-electron chi connectivity index (χ2n) is 8.14. The Labute approximate surface area is 150 Å². The summed E-state index contributed by atoms with van der Waals surface area (Å²) in [6.07, 6.45) is 1.88. The van der Waals surface area contributed by atoms with Crippen molar-refractivity contribution in [2.75, 3.05) is 44.3 Å². The molecule has 2 aliphatic rings. The third-order valence-electron chi connectivity index (χ3n) is 4.98. The van der Waals surface area contributed by atoms with Gasteiger partial charge in [-0.25, -0.2) is 9.97 Å². The number of hydrogen-bond donors (Lipinski definition) is 0. The summed E-state index contributed by atoms with van der Waals surface area (Å²) in [5, 5.41) is 0. The number of anilines is 1. The van der Waals surface area contributed by atoms with Crippen molar-refractivity contribution in [1.29, 1.82) is 0 Å². The summed E-state index contributed by atoms with van der Waals surface area (Å²) in [7, 11) is 0. The van der Waals surface area contributed by atoms with Crippen LogP contribution in [-0.2, 0) is 9.53 Å². The molecule has 0 aromatic carbocycles. The molecule has 2 saturated heterocycles. The number of nitrogens with zero attached hydrogens (tertiary/aromatic N) is 4. The van der Waals surface area contributed by atoms with Crippen LogP contribution in [0.2, 0.25) is 0 Å². The van der Waals surface area contributed by atoms with Crippen molar-refractivity contribution in [2.24, 2.45) is 5.41 Å². The smallest absolute Gasteiger partial charge is 0.227 e. The third kappa shape index (κ3) is 4.29. The van der Waals surface area contributed by atoms with Crippen LogP contribution in [0.5, 0.6) is 0 Å². The van der Waals surface area contributed by atoms with Crippen LogP contribution in [0.3, 0.4) is 0 Å². The summed E-state index contributed by atoms with van der Waals surface area (Å²) in [5.74, 6) is 2.53. The first-order valence-electron chi connectivity index (χ1n) is 9.32. The highest BCUT2D eigenvalue weighted by Gasteiger charge is 2.31. The SMILES string of the molecule is Cc1cc(N2CCOCC2)nc(C2CCN(C(=O)C(C)(C)C)CC2)n1. The van der Waals surface area contributed by atoms with Gasteiger partial charge in [-0.15, -0.1) is 0 Å². The minimum atomic E-state index is -0.309. The fraction of sp³-hybridized carbons (Fsp3) is 0.737. The predicted molar refractivity (Wildman–Crippen MR) is 97.8 cm³/mol. The molecule has 1 aromatic heterocycles. The molecular weight excluding hydrogens is 316 g/mol. The van der Waals surface area contributed by atoms with E-state index in [2.05, 4.69) is 11.0 Å². The van der Waals surface area contributed by atoms with Gasteiger partial charge in [0.1, 0.15) is 11.6 Å². The zero-order chi connectivity index (χ0) is 18.0. The Balaban J connectivity index is 1.69. The van der Waals surface area contributed by atoms with Gasteiger partial charge < -0.3 is 14.5 Å². The summed E-state index contributed by atoms with van der Waals surface area (Å²) < 4.78 is 5.44. The molecule has 0 N–H and O–H groups in total. The van der Waals surface area contributed by atoms with Gasteiger partial charge in [0.25, 0.3) is 0 Å². The Morgan fingerprint density at radius 2 is 1.76 bits per heavy atom. The minimum absolute atomic E-state index is 0.241. The number of piperidine rings is 1. The number of hydrogen-bond acceptors (Lipinski definition) is 5. The molecule has 3 heterocycles. The Morgan fingerprint density at radius 3 is 2.36 bits per heavy atom. The lowest BCUT2D eigenvalue weighted by molar-refractivity contribution is -0.140. The molecule has 0 unspecified atom stereocenters. The van der Waals surface area contributed by atoms with E-state index in [4.69, 9.17) is 14.7 Å². The van der Waals surface area contributed by atoms with E-state index >= 15 is 0 Å². The van der Waals surface area contributed by atoms with E-state index in [1.807, 2.05) is 32.6 Å². The largest absolute Gasteiger partial charge is 0.378 e. The number of carbonyl (C=O) groups is 1. The standard InChI is InChI=1S/C19H30N4O2/c1-14-13-16(22-9-11-25-12-10-22)21-17(20-14)15-5-7-23(8-6-15)18(24)19(2,3)4/h13,15H,5-12H2,1-4H3. The molecule has 6 heteroatoms. The number of carbonyl (C=O) groups excluding carboxylic acids is 1. The van der Waals surface area contributed by atoms with E-state index in [1.54, 1.807) is 0 Å². The lowest BCUT2D eigenvalue weighted by Gasteiger charge is -2.35. The highest BCUT2D eigenvalue weighted by Crippen LogP contribution is 2.29. The average Bonchev–Trinajstić information content (AvgIpc) is 2.61. The summed E-state index contributed by atoms with van der Waals surface area (Å²) in [6.45, 7) is 12.9. The van der Waals surface area contributed by atoms with Crippen LogP contribution in [0, 0.1) is 12.3 Å². The maximum absolute atomic E-state index is 12.5. The molecule has 0 atom stereocenters. The van der Waals surface area contributed by atoms with Gasteiger partial charge in [0, 0.05) is 49.3 Å². The lowest BCUT2D eigenvalue weighted by Crippen LogP contribution is -2.44. The molecule has 6 nitrogen and oxygen atoms in total. The van der Waals surface area contributed by atoms with Crippen LogP contribution in [0.1, 0.15) is 51.0 Å². The number of aromatic nitrogens is 2. The Kier molecular flexibility index (Phi) is 5.27. The molecule has 0 saturated carbocycles. The molecule has 3 rings (SSSR count). The Hall–Kier alpha value is -1.69. The molecule has 0 bridgehead atoms. The van der Waals surface area contributed by atoms with Gasteiger partial charge in [-0.3, -0.25) is 4.79 Å². The molecule has 1 aromatic rings. The van der Waals surface area contributed by atoms with E-state index < -0.39 is 0 Å². The maximum Gasteiger partial charge on any atom is 0.227 e. The first kappa shape index (κ1) is 18.1. The second-order valence-corrected chi connectivity index (χ2v) is 8.14. The van der Waals surface area contributed by atoms with E-state index in [1.165, 1.54) is 0 Å². The Bertz CT molecular complexity index is 612. The van der Waals surface area contributed by atoms with Gasteiger partial charge >= 0.3 is 0 Å². The molecule has 138 valence electrons. The van der Waals surface area contributed by atoms with Gasteiger partial charge in [0.2, 0.25) is 5.91 Å². The normalized spacial score (nSPS) is 20.0. The molecule has 0 spiro atoms. The summed E-state index contributed by atoms with van der Waals surface area (Å²) in [6, 6.07) is 2.06. The monoisotopic (exact) mass is 346 g/mol. The highest BCUT2D eigenvalue weighted by molar-refractivity contribution is 5.81. The van der Waals surface area contributed by atoms with Gasteiger partial charge in [0.15, 0.2) is 0 Å². The lowest BCUT2D eigenvalue weighted by atomic mass is 9.90. The van der Waals surface area contributed by atoms with Crippen LogP contribution < -0.4 is 4.90 Å². The molecule has 0 aliphatic carbocycles. The van der Waals surface area contributed by atoms with Crippen molar-refractivity contribution in [2.45, 2.75) is 46.5 Å². The molecule has 2 fully saturated rings. The van der Waals surface area contributed by atoms with Crippen molar-refractivity contribution in [3.05, 3.63) is 17.6 Å². The summed E-state index contributed by atoms with van der Waals surface area (Å²) in [5.41, 5.74) is 0.704. The molecule has 1 amide bonds. The van der Waals surface area contributed by atoms with E-state index in [9.17, 15) is 4.79 Å². The van der Waals surface area contributed by atoms with Gasteiger partial charge in [-0.1, -0.05) is 20.8 Å². The van der Waals surface area contributed by atoms with E-state index in [-0.39, 0.29) is 11.3 Å². The second kappa shape index (κ2) is 7.28. The fourth-order valence-electron chi connectivity index (χ4n) is 3.53. The molecule has 2 aliphatic heterocycles. The van der Waals surface area contributed by atoms with Crippen molar-refractivity contribution in [3.63, 3.8) is 0 Å². The van der Waals surface area contributed by atoms with Crippen LogP contribution in [0.15, 0.2) is 6.07 Å². The quantitative estimate of drug-likeness (QED) is 0.823. The van der Waals surface area contributed by atoms with Crippen molar-refractivity contribution >= 4 is 11.7 Å². The van der Waals surface area contributed by atoms with Gasteiger partial charge in [-0.2, -0.15) is 0 Å². The summed E-state index contributed by atoms with van der Waals surface area (Å²) in [4.78, 5) is 26.3. The van der Waals surface area contributed by atoms with Crippen LogP contribution >= 0.6 is 0 Å². The number of amides is 1. The Morgan fingerprint density at radius 1 is 1.12 bits per heavy atom. The number of morpholine rings is 1. The molecular formula is C19H30N4O2. The van der Waals surface area contributed by atoms with Gasteiger partial charge in [0.05, 0.1) is 13.2 Å². The van der Waals surface area contributed by atoms with Crippen molar-refractivity contribution < 1.29 is 9.53 Å². The number of rotatable bonds is 2. The highest BCUT2D eigenvalue weighted by atomic mass is 16.5. The maximum atomic E-state index is 12.5. The molecule has 25 heavy (non-hydrogen) atoms. The van der Waals surface area contributed by atoms with Crippen molar-refractivity contribution in [3.8, 4) is 0 Å². The zero-order valence-corrected chi connectivity index (χ0v) is 15.9. The van der Waals surface area contributed by atoms with Crippen molar-refractivity contribution in [1.82, 2.24) is 14.9 Å². The minimum Gasteiger partial charge on any atom is -0.378 e.